The molecule has 0 bridgehead atoms. The Kier molecular flexibility index (Phi) is 4.37. The van der Waals surface area contributed by atoms with Crippen LogP contribution in [0.2, 0.25) is 0 Å². The van der Waals surface area contributed by atoms with Gasteiger partial charge in [-0.25, -0.2) is 4.98 Å². The summed E-state index contributed by atoms with van der Waals surface area (Å²) in [5, 5.41) is 15.4. The summed E-state index contributed by atoms with van der Waals surface area (Å²) in [4.78, 5) is 4.29. The minimum Gasteiger partial charge on any atom is -0.497 e. The standard InChI is InChI=1S/C14H15N3OS/c1-10(14-16-5-6-19-14)9-17-13-7-12(18-2)4-3-11(13)8-15/h3-7,10,17H,9H2,1-2H3. The highest BCUT2D eigenvalue weighted by atomic mass is 32.1. The summed E-state index contributed by atoms with van der Waals surface area (Å²) in [6.07, 6.45) is 1.81. The summed E-state index contributed by atoms with van der Waals surface area (Å²) in [6.45, 7) is 2.84. The molecule has 1 N–H and O–H groups in total. The predicted octanol–water partition coefficient (Wildman–Crippen LogP) is 3.24. The van der Waals surface area contributed by atoms with Gasteiger partial charge in [-0.15, -0.1) is 11.3 Å². The molecular weight excluding hydrogens is 258 g/mol. The molecule has 1 aromatic carbocycles. The van der Waals surface area contributed by atoms with Crippen molar-refractivity contribution in [3.05, 3.63) is 40.3 Å². The number of nitrogens with one attached hydrogen (secondary N) is 1. The van der Waals surface area contributed by atoms with E-state index in [1.165, 1.54) is 0 Å². The average Bonchev–Trinajstić information content (AvgIpc) is 2.98. The lowest BCUT2D eigenvalue weighted by Crippen LogP contribution is -2.10. The molecule has 1 heterocycles. The molecule has 0 amide bonds. The van der Waals surface area contributed by atoms with Crippen LogP contribution in [0.5, 0.6) is 5.75 Å². The van der Waals surface area contributed by atoms with Crippen molar-refractivity contribution in [1.29, 1.82) is 5.26 Å². The van der Waals surface area contributed by atoms with Crippen molar-refractivity contribution < 1.29 is 4.74 Å². The van der Waals surface area contributed by atoms with Gasteiger partial charge in [-0.05, 0) is 12.1 Å². The summed E-state index contributed by atoms with van der Waals surface area (Å²) in [5.41, 5.74) is 1.41. The Labute approximate surface area is 116 Å². The van der Waals surface area contributed by atoms with Crippen LogP contribution in [0, 0.1) is 11.3 Å². The Morgan fingerprint density at radius 1 is 1.53 bits per heavy atom. The van der Waals surface area contributed by atoms with Gasteiger partial charge in [-0.3, -0.25) is 0 Å². The number of anilines is 1. The van der Waals surface area contributed by atoms with Crippen LogP contribution in [0.1, 0.15) is 23.4 Å². The van der Waals surface area contributed by atoms with Gasteiger partial charge in [0, 0.05) is 30.1 Å². The number of thiazole rings is 1. The van der Waals surface area contributed by atoms with Crippen LogP contribution in [0.4, 0.5) is 5.69 Å². The molecule has 0 fully saturated rings. The number of ether oxygens (including phenoxy) is 1. The number of nitrogens with zero attached hydrogens (tertiary/aromatic N) is 2. The molecule has 19 heavy (non-hydrogen) atoms. The Balaban J connectivity index is 2.08. The number of aromatic nitrogens is 1. The highest BCUT2D eigenvalue weighted by Crippen LogP contribution is 2.24. The van der Waals surface area contributed by atoms with Gasteiger partial charge < -0.3 is 10.1 Å². The third-order valence-electron chi connectivity index (χ3n) is 2.82. The van der Waals surface area contributed by atoms with E-state index in [9.17, 15) is 0 Å². The molecule has 2 aromatic rings. The molecular formula is C14H15N3OS. The van der Waals surface area contributed by atoms with Gasteiger partial charge in [0.1, 0.15) is 11.8 Å². The molecule has 0 aliphatic heterocycles. The van der Waals surface area contributed by atoms with E-state index in [4.69, 9.17) is 10.00 Å². The van der Waals surface area contributed by atoms with Gasteiger partial charge in [-0.2, -0.15) is 5.26 Å². The van der Waals surface area contributed by atoms with Crippen molar-refractivity contribution in [2.45, 2.75) is 12.8 Å². The molecule has 5 heteroatoms. The van der Waals surface area contributed by atoms with Crippen LogP contribution in [0.3, 0.4) is 0 Å². The first-order valence-electron chi connectivity index (χ1n) is 5.96. The van der Waals surface area contributed by atoms with Crippen LogP contribution in [-0.4, -0.2) is 18.6 Å². The van der Waals surface area contributed by atoms with Crippen molar-refractivity contribution in [3.8, 4) is 11.8 Å². The summed E-state index contributed by atoms with van der Waals surface area (Å²) in [5.74, 6) is 1.04. The molecule has 1 unspecified atom stereocenters. The van der Waals surface area contributed by atoms with Crippen LogP contribution in [-0.2, 0) is 0 Å². The Morgan fingerprint density at radius 2 is 2.37 bits per heavy atom. The molecule has 98 valence electrons. The predicted molar refractivity (Wildman–Crippen MR) is 76.7 cm³/mol. The smallest absolute Gasteiger partial charge is 0.121 e. The number of benzene rings is 1. The zero-order valence-electron chi connectivity index (χ0n) is 10.9. The van der Waals surface area contributed by atoms with E-state index >= 15 is 0 Å². The van der Waals surface area contributed by atoms with Gasteiger partial charge in [0.05, 0.1) is 23.4 Å². The molecule has 1 aromatic heterocycles. The zero-order valence-corrected chi connectivity index (χ0v) is 11.7. The summed E-state index contributed by atoms with van der Waals surface area (Å²) in [6, 6.07) is 7.56. The van der Waals surface area contributed by atoms with Crippen molar-refractivity contribution in [3.63, 3.8) is 0 Å². The molecule has 1 atom stereocenters. The Hall–Kier alpha value is -2.06. The topological polar surface area (TPSA) is 57.9 Å². The van der Waals surface area contributed by atoms with Gasteiger partial charge in [0.15, 0.2) is 0 Å². The lowest BCUT2D eigenvalue weighted by molar-refractivity contribution is 0.415. The first-order valence-corrected chi connectivity index (χ1v) is 6.84. The van der Waals surface area contributed by atoms with E-state index in [0.717, 1.165) is 23.0 Å². The van der Waals surface area contributed by atoms with E-state index < -0.39 is 0 Å². The van der Waals surface area contributed by atoms with Crippen molar-refractivity contribution in [1.82, 2.24) is 4.98 Å². The average molecular weight is 273 g/mol. The summed E-state index contributed by atoms with van der Waals surface area (Å²) in [7, 11) is 1.61. The van der Waals surface area contributed by atoms with E-state index in [1.54, 1.807) is 30.6 Å². The largest absolute Gasteiger partial charge is 0.497 e. The fourth-order valence-electron chi connectivity index (χ4n) is 1.72. The minimum absolute atomic E-state index is 0.303. The van der Waals surface area contributed by atoms with E-state index in [-0.39, 0.29) is 0 Å². The Morgan fingerprint density at radius 3 is 3.00 bits per heavy atom. The first kappa shape index (κ1) is 13.4. The van der Waals surface area contributed by atoms with Gasteiger partial charge in [0.25, 0.3) is 0 Å². The number of hydrogen-bond donors (Lipinski definition) is 1. The first-order chi connectivity index (χ1) is 9.24. The molecule has 2 rings (SSSR count). The van der Waals surface area contributed by atoms with Crippen molar-refractivity contribution in [2.24, 2.45) is 0 Å². The number of rotatable bonds is 5. The SMILES string of the molecule is COc1ccc(C#N)c(NCC(C)c2nccs2)c1. The van der Waals surface area contributed by atoms with E-state index in [2.05, 4.69) is 23.3 Å². The second-order valence-electron chi connectivity index (χ2n) is 4.18. The highest BCUT2D eigenvalue weighted by Gasteiger charge is 2.10. The lowest BCUT2D eigenvalue weighted by Gasteiger charge is -2.13. The number of nitriles is 1. The summed E-state index contributed by atoms with van der Waals surface area (Å²) >= 11 is 1.64. The maximum atomic E-state index is 9.09. The normalized spacial score (nSPS) is 11.6. The molecule has 0 saturated carbocycles. The molecule has 4 nitrogen and oxygen atoms in total. The van der Waals surface area contributed by atoms with E-state index in [1.807, 2.05) is 17.6 Å². The van der Waals surface area contributed by atoms with Gasteiger partial charge in [0.2, 0.25) is 0 Å². The molecule has 0 aliphatic carbocycles. The lowest BCUT2D eigenvalue weighted by atomic mass is 10.1. The third-order valence-corrected chi connectivity index (χ3v) is 3.83. The van der Waals surface area contributed by atoms with Crippen LogP contribution in [0.25, 0.3) is 0 Å². The minimum atomic E-state index is 0.303. The summed E-state index contributed by atoms with van der Waals surface area (Å²) < 4.78 is 5.17. The van der Waals surface area contributed by atoms with E-state index in [0.29, 0.717) is 11.5 Å². The third kappa shape index (κ3) is 3.24. The molecule has 0 spiro atoms. The number of methoxy groups -OCH3 is 1. The van der Waals surface area contributed by atoms with Crippen LogP contribution >= 0.6 is 11.3 Å². The van der Waals surface area contributed by atoms with Crippen LogP contribution < -0.4 is 10.1 Å². The second kappa shape index (κ2) is 6.21. The van der Waals surface area contributed by atoms with Crippen molar-refractivity contribution in [2.75, 3.05) is 19.0 Å². The van der Waals surface area contributed by atoms with Gasteiger partial charge >= 0.3 is 0 Å². The second-order valence-corrected chi connectivity index (χ2v) is 5.10. The maximum absolute atomic E-state index is 9.09. The highest BCUT2D eigenvalue weighted by molar-refractivity contribution is 7.09. The monoisotopic (exact) mass is 273 g/mol. The van der Waals surface area contributed by atoms with Gasteiger partial charge in [-0.1, -0.05) is 6.92 Å². The quantitative estimate of drug-likeness (QED) is 0.908. The van der Waals surface area contributed by atoms with Crippen molar-refractivity contribution >= 4 is 17.0 Å². The number of hydrogen-bond acceptors (Lipinski definition) is 5. The molecule has 0 saturated heterocycles. The fourth-order valence-corrected chi connectivity index (χ4v) is 2.42. The Bertz CT molecular complexity index is 575. The fraction of sp³-hybridized carbons (Fsp3) is 0.286. The maximum Gasteiger partial charge on any atom is 0.121 e. The zero-order chi connectivity index (χ0) is 13.7. The molecule has 0 radical (unpaired) electrons. The van der Waals surface area contributed by atoms with Crippen LogP contribution in [0.15, 0.2) is 29.8 Å². The molecule has 0 aliphatic rings.